The van der Waals surface area contributed by atoms with E-state index in [9.17, 15) is 38.9 Å². The zero-order chi connectivity index (χ0) is 23.3. The monoisotopic (exact) mass is 454 g/mol. The number of rotatable bonds is 10. The summed E-state index contributed by atoms with van der Waals surface area (Å²) in [5.41, 5.74) is 0.0843. The van der Waals surface area contributed by atoms with Crippen LogP contribution in [0.3, 0.4) is 0 Å². The molecule has 2 aromatic rings. The topological polar surface area (TPSA) is 185 Å². The standard InChI is InChI=1S/C18H22N4O8S/c1-19-13-7-11(3-5-15(13)21(25)26)17(23)9-31(29,30)10-18(24)12-4-6-16(22(27)28)14(8-12)20-2/h3-8,17-20,23-24H,9-10H2,1-2H3. The Balaban J connectivity index is 2.17. The molecule has 0 aliphatic heterocycles. The number of nitro benzene ring substituents is 2. The lowest BCUT2D eigenvalue weighted by molar-refractivity contribution is -0.384. The molecule has 2 atom stereocenters. The van der Waals surface area contributed by atoms with E-state index in [2.05, 4.69) is 10.6 Å². The van der Waals surface area contributed by atoms with E-state index in [1.807, 2.05) is 0 Å². The second-order valence-electron chi connectivity index (χ2n) is 6.68. The highest BCUT2D eigenvalue weighted by Crippen LogP contribution is 2.30. The summed E-state index contributed by atoms with van der Waals surface area (Å²) in [7, 11) is -1.07. The van der Waals surface area contributed by atoms with Gasteiger partial charge in [-0.15, -0.1) is 0 Å². The van der Waals surface area contributed by atoms with E-state index in [-0.39, 0.29) is 33.9 Å². The summed E-state index contributed by atoms with van der Waals surface area (Å²) in [6.07, 6.45) is -2.95. The highest BCUT2D eigenvalue weighted by atomic mass is 32.2. The lowest BCUT2D eigenvalue weighted by atomic mass is 10.1. The normalized spacial score (nSPS) is 13.3. The molecular formula is C18H22N4O8S. The lowest BCUT2D eigenvalue weighted by Gasteiger charge is -2.16. The fourth-order valence-electron chi connectivity index (χ4n) is 2.98. The lowest BCUT2D eigenvalue weighted by Crippen LogP contribution is -2.22. The maximum atomic E-state index is 12.5. The first-order valence-electron chi connectivity index (χ1n) is 8.97. The van der Waals surface area contributed by atoms with E-state index in [1.54, 1.807) is 0 Å². The van der Waals surface area contributed by atoms with Crippen molar-refractivity contribution in [3.63, 3.8) is 0 Å². The molecule has 0 aliphatic rings. The molecule has 0 bridgehead atoms. The number of sulfone groups is 1. The van der Waals surface area contributed by atoms with E-state index in [1.165, 1.54) is 38.4 Å². The van der Waals surface area contributed by atoms with Gasteiger partial charge in [0, 0.05) is 26.2 Å². The van der Waals surface area contributed by atoms with Gasteiger partial charge < -0.3 is 20.8 Å². The van der Waals surface area contributed by atoms with Gasteiger partial charge in [-0.1, -0.05) is 0 Å². The third-order valence-electron chi connectivity index (χ3n) is 4.57. The number of aliphatic hydroxyl groups excluding tert-OH is 2. The minimum absolute atomic E-state index is 0.115. The zero-order valence-corrected chi connectivity index (χ0v) is 17.5. The van der Waals surface area contributed by atoms with Crippen molar-refractivity contribution in [1.82, 2.24) is 0 Å². The maximum absolute atomic E-state index is 12.5. The van der Waals surface area contributed by atoms with Crippen LogP contribution in [0.1, 0.15) is 23.3 Å². The van der Waals surface area contributed by atoms with Crippen molar-refractivity contribution in [3.05, 3.63) is 67.8 Å². The Kier molecular flexibility index (Phi) is 7.49. The molecule has 0 fully saturated rings. The largest absolute Gasteiger partial charge is 0.387 e. The molecule has 0 amide bonds. The molecule has 2 unspecified atom stereocenters. The third-order valence-corrected chi connectivity index (χ3v) is 6.21. The smallest absolute Gasteiger partial charge is 0.292 e. The van der Waals surface area contributed by atoms with Gasteiger partial charge in [0.15, 0.2) is 9.84 Å². The minimum Gasteiger partial charge on any atom is -0.387 e. The Bertz CT molecular complexity index is 1010. The van der Waals surface area contributed by atoms with Crippen LogP contribution in [0.15, 0.2) is 36.4 Å². The number of nitrogens with zero attached hydrogens (tertiary/aromatic N) is 2. The van der Waals surface area contributed by atoms with Crippen LogP contribution < -0.4 is 10.6 Å². The SMILES string of the molecule is CNc1cc(C(O)CS(=O)(=O)CC(O)c2ccc([N+](=O)[O-])c(NC)c2)ccc1[N+](=O)[O-]. The van der Waals surface area contributed by atoms with Crippen LogP contribution in [0.25, 0.3) is 0 Å². The number of aliphatic hydroxyl groups is 2. The third kappa shape index (κ3) is 5.87. The number of benzene rings is 2. The van der Waals surface area contributed by atoms with E-state index in [0.29, 0.717) is 0 Å². The molecule has 0 saturated carbocycles. The van der Waals surface area contributed by atoms with E-state index in [4.69, 9.17) is 0 Å². The molecule has 0 aromatic heterocycles. The maximum Gasteiger partial charge on any atom is 0.292 e. The molecule has 0 spiro atoms. The van der Waals surface area contributed by atoms with Crippen LogP contribution >= 0.6 is 0 Å². The summed E-state index contributed by atoms with van der Waals surface area (Å²) < 4.78 is 25.0. The summed E-state index contributed by atoms with van der Waals surface area (Å²) in [4.78, 5) is 20.8. The minimum atomic E-state index is -3.98. The van der Waals surface area contributed by atoms with E-state index in [0.717, 1.165) is 12.1 Å². The molecule has 168 valence electrons. The molecule has 0 saturated heterocycles. The van der Waals surface area contributed by atoms with Crippen LogP contribution in [0, 0.1) is 20.2 Å². The van der Waals surface area contributed by atoms with Crippen LogP contribution in [-0.2, 0) is 9.84 Å². The molecule has 31 heavy (non-hydrogen) atoms. The van der Waals surface area contributed by atoms with Crippen molar-refractivity contribution in [2.45, 2.75) is 12.2 Å². The van der Waals surface area contributed by atoms with Gasteiger partial charge in [-0.05, 0) is 35.4 Å². The molecule has 2 rings (SSSR count). The molecule has 12 nitrogen and oxygen atoms in total. The molecule has 4 N–H and O–H groups in total. The van der Waals surface area contributed by atoms with Gasteiger partial charge in [-0.25, -0.2) is 8.42 Å². The van der Waals surface area contributed by atoms with Gasteiger partial charge in [0.1, 0.15) is 11.4 Å². The Morgan fingerprint density at radius 3 is 1.48 bits per heavy atom. The van der Waals surface area contributed by atoms with Gasteiger partial charge in [0.2, 0.25) is 0 Å². The number of nitrogens with one attached hydrogen (secondary N) is 2. The van der Waals surface area contributed by atoms with Gasteiger partial charge in [0.05, 0.1) is 33.6 Å². The van der Waals surface area contributed by atoms with E-state index < -0.39 is 43.4 Å². The van der Waals surface area contributed by atoms with Gasteiger partial charge >= 0.3 is 0 Å². The van der Waals surface area contributed by atoms with E-state index >= 15 is 0 Å². The predicted molar refractivity (Wildman–Crippen MR) is 114 cm³/mol. The summed E-state index contributed by atoms with van der Waals surface area (Å²) in [6, 6.07) is 7.38. The first-order chi connectivity index (χ1) is 14.5. The van der Waals surface area contributed by atoms with Crippen LogP contribution in [0.4, 0.5) is 22.7 Å². The number of hydrogen-bond donors (Lipinski definition) is 4. The van der Waals surface area contributed by atoms with Crippen molar-refractivity contribution in [3.8, 4) is 0 Å². The summed E-state index contributed by atoms with van der Waals surface area (Å²) >= 11 is 0. The van der Waals surface area contributed by atoms with Crippen molar-refractivity contribution < 1.29 is 28.5 Å². The molecule has 0 heterocycles. The van der Waals surface area contributed by atoms with Crippen LogP contribution in [0.2, 0.25) is 0 Å². The van der Waals surface area contributed by atoms with Crippen molar-refractivity contribution >= 4 is 32.6 Å². The summed E-state index contributed by atoms with van der Waals surface area (Å²) in [6.45, 7) is 0. The second kappa shape index (κ2) is 9.68. The quantitative estimate of drug-likeness (QED) is 0.304. The van der Waals surface area contributed by atoms with Gasteiger partial charge in [-0.2, -0.15) is 0 Å². The van der Waals surface area contributed by atoms with Gasteiger partial charge in [0.25, 0.3) is 11.4 Å². The van der Waals surface area contributed by atoms with Crippen LogP contribution in [-0.4, -0.2) is 54.1 Å². The molecule has 13 heteroatoms. The number of hydrogen-bond acceptors (Lipinski definition) is 10. The highest BCUT2D eigenvalue weighted by molar-refractivity contribution is 7.91. The van der Waals surface area contributed by atoms with Crippen molar-refractivity contribution in [2.75, 3.05) is 36.2 Å². The Morgan fingerprint density at radius 1 is 0.839 bits per heavy atom. The fourth-order valence-corrected chi connectivity index (χ4v) is 4.47. The summed E-state index contributed by atoms with van der Waals surface area (Å²) in [5.74, 6) is -1.45. The first kappa shape index (κ1) is 24.0. The van der Waals surface area contributed by atoms with Gasteiger partial charge in [-0.3, -0.25) is 20.2 Å². The average molecular weight is 454 g/mol. The zero-order valence-electron chi connectivity index (χ0n) is 16.7. The van der Waals surface area contributed by atoms with Crippen molar-refractivity contribution in [1.29, 1.82) is 0 Å². The van der Waals surface area contributed by atoms with Crippen molar-refractivity contribution in [2.24, 2.45) is 0 Å². The summed E-state index contributed by atoms with van der Waals surface area (Å²) in [5, 5.41) is 47.9. The average Bonchev–Trinajstić information content (AvgIpc) is 2.71. The Hall–Kier alpha value is -3.29. The fraction of sp³-hybridized carbons (Fsp3) is 0.333. The Morgan fingerprint density at radius 2 is 1.19 bits per heavy atom. The molecule has 0 aliphatic carbocycles. The number of anilines is 2. The number of nitro groups is 2. The Labute approximate surface area is 177 Å². The highest BCUT2D eigenvalue weighted by Gasteiger charge is 2.26. The second-order valence-corrected chi connectivity index (χ2v) is 8.83. The molecular weight excluding hydrogens is 432 g/mol. The molecule has 2 aromatic carbocycles. The van der Waals surface area contributed by atoms with Crippen LogP contribution in [0.5, 0.6) is 0 Å². The predicted octanol–water partition coefficient (Wildman–Crippen LogP) is 1.77. The molecule has 0 radical (unpaired) electrons. The first-order valence-corrected chi connectivity index (χ1v) is 10.8.